The van der Waals surface area contributed by atoms with Gasteiger partial charge in [-0.3, -0.25) is 11.3 Å². The molecule has 0 spiro atoms. The van der Waals surface area contributed by atoms with E-state index in [4.69, 9.17) is 10.6 Å². The number of halogens is 1. The third kappa shape index (κ3) is 4.99. The van der Waals surface area contributed by atoms with Crippen molar-refractivity contribution in [3.8, 4) is 0 Å². The minimum Gasteiger partial charge on any atom is -0.383 e. The van der Waals surface area contributed by atoms with Crippen molar-refractivity contribution < 1.29 is 4.74 Å². The number of ether oxygens (including phenoxy) is 1. The lowest BCUT2D eigenvalue weighted by Gasteiger charge is -2.14. The van der Waals surface area contributed by atoms with Crippen molar-refractivity contribution in [3.05, 3.63) is 28.7 Å². The Balaban J connectivity index is 2.41. The fourth-order valence-electron chi connectivity index (χ4n) is 1.10. The Morgan fingerprint density at radius 1 is 1.60 bits per heavy atom. The van der Waals surface area contributed by atoms with Gasteiger partial charge < -0.3 is 4.74 Å². The summed E-state index contributed by atoms with van der Waals surface area (Å²) >= 11 is 5.19. The first-order valence-corrected chi connectivity index (χ1v) is 6.37. The van der Waals surface area contributed by atoms with Crippen molar-refractivity contribution in [1.29, 1.82) is 0 Å². The first-order chi connectivity index (χ1) is 7.26. The summed E-state index contributed by atoms with van der Waals surface area (Å²) in [6.07, 6.45) is 0. The van der Waals surface area contributed by atoms with Gasteiger partial charge in [-0.1, -0.05) is 22.0 Å². The second-order valence-electron chi connectivity index (χ2n) is 3.09. The van der Waals surface area contributed by atoms with Gasteiger partial charge in [-0.25, -0.2) is 0 Å². The summed E-state index contributed by atoms with van der Waals surface area (Å²) in [5.41, 5.74) is 2.73. The van der Waals surface area contributed by atoms with Gasteiger partial charge in [0.15, 0.2) is 0 Å². The van der Waals surface area contributed by atoms with E-state index in [9.17, 15) is 0 Å². The van der Waals surface area contributed by atoms with Gasteiger partial charge in [0.2, 0.25) is 0 Å². The zero-order chi connectivity index (χ0) is 11.1. The maximum absolute atomic E-state index is 5.40. The molecule has 1 aromatic rings. The van der Waals surface area contributed by atoms with Gasteiger partial charge in [0.05, 0.1) is 12.6 Å². The lowest BCUT2D eigenvalue weighted by atomic mass is 10.4. The molecule has 3 nitrogen and oxygen atoms in total. The van der Waals surface area contributed by atoms with Gasteiger partial charge >= 0.3 is 0 Å². The van der Waals surface area contributed by atoms with Crippen molar-refractivity contribution in [2.45, 2.75) is 10.9 Å². The van der Waals surface area contributed by atoms with Gasteiger partial charge in [-0.05, 0) is 18.2 Å². The maximum Gasteiger partial charge on any atom is 0.0637 e. The van der Waals surface area contributed by atoms with Crippen LogP contribution in [0.5, 0.6) is 0 Å². The molecule has 84 valence electrons. The standard InChI is InChI=1S/C10H15BrN2OS/c1-14-6-9(13-12)7-15-10-4-2-3-8(11)5-10/h2-5,9,13H,6-7,12H2,1H3. The maximum atomic E-state index is 5.40. The SMILES string of the molecule is COCC(CSc1cccc(Br)c1)NN. The van der Waals surface area contributed by atoms with E-state index in [1.807, 2.05) is 12.1 Å². The van der Waals surface area contributed by atoms with Crippen molar-refractivity contribution in [2.75, 3.05) is 19.5 Å². The molecule has 15 heavy (non-hydrogen) atoms. The largest absolute Gasteiger partial charge is 0.383 e. The molecule has 0 aliphatic carbocycles. The van der Waals surface area contributed by atoms with Crippen LogP contribution in [-0.2, 0) is 4.74 Å². The van der Waals surface area contributed by atoms with Gasteiger partial charge in [-0.15, -0.1) is 11.8 Å². The van der Waals surface area contributed by atoms with Crippen LogP contribution in [0.25, 0.3) is 0 Å². The molecule has 0 heterocycles. The van der Waals surface area contributed by atoms with E-state index in [1.165, 1.54) is 4.90 Å². The number of methoxy groups -OCH3 is 1. The van der Waals surface area contributed by atoms with E-state index < -0.39 is 0 Å². The fraction of sp³-hybridized carbons (Fsp3) is 0.400. The zero-order valence-electron chi connectivity index (χ0n) is 8.57. The molecule has 5 heteroatoms. The molecule has 1 aromatic carbocycles. The highest BCUT2D eigenvalue weighted by molar-refractivity contribution is 9.10. The average Bonchev–Trinajstić information content (AvgIpc) is 2.24. The Hall–Kier alpha value is -0.0700. The molecular weight excluding hydrogens is 276 g/mol. The monoisotopic (exact) mass is 290 g/mol. The summed E-state index contributed by atoms with van der Waals surface area (Å²) in [6, 6.07) is 8.38. The van der Waals surface area contributed by atoms with E-state index in [0.29, 0.717) is 6.61 Å². The van der Waals surface area contributed by atoms with E-state index in [2.05, 4.69) is 33.5 Å². The van der Waals surface area contributed by atoms with Crippen LogP contribution in [0, 0.1) is 0 Å². The predicted molar refractivity (Wildman–Crippen MR) is 67.9 cm³/mol. The summed E-state index contributed by atoms with van der Waals surface area (Å²) in [4.78, 5) is 1.22. The Bertz CT molecular complexity index is 299. The number of benzene rings is 1. The lowest BCUT2D eigenvalue weighted by Crippen LogP contribution is -2.40. The highest BCUT2D eigenvalue weighted by Crippen LogP contribution is 2.22. The number of hydrogen-bond donors (Lipinski definition) is 2. The average molecular weight is 291 g/mol. The summed E-state index contributed by atoms with van der Waals surface area (Å²) in [7, 11) is 1.67. The van der Waals surface area contributed by atoms with Crippen LogP contribution in [0.3, 0.4) is 0 Å². The zero-order valence-corrected chi connectivity index (χ0v) is 11.0. The number of thioether (sulfide) groups is 1. The van der Waals surface area contributed by atoms with Gasteiger partial charge in [0.25, 0.3) is 0 Å². The normalized spacial score (nSPS) is 12.7. The Morgan fingerprint density at radius 3 is 3.00 bits per heavy atom. The Morgan fingerprint density at radius 2 is 2.40 bits per heavy atom. The summed E-state index contributed by atoms with van der Waals surface area (Å²) in [5, 5.41) is 0. The van der Waals surface area contributed by atoms with Crippen LogP contribution in [0.4, 0.5) is 0 Å². The van der Waals surface area contributed by atoms with Crippen molar-refractivity contribution >= 4 is 27.7 Å². The van der Waals surface area contributed by atoms with Crippen molar-refractivity contribution in [2.24, 2.45) is 5.84 Å². The predicted octanol–water partition coefficient (Wildman–Crippen LogP) is 2.02. The minimum absolute atomic E-state index is 0.180. The molecule has 0 aromatic heterocycles. The Kier molecular flexibility index (Phi) is 6.28. The molecule has 1 rings (SSSR count). The lowest BCUT2D eigenvalue weighted by molar-refractivity contribution is 0.174. The molecule has 0 amide bonds. The molecule has 1 unspecified atom stereocenters. The molecular formula is C10H15BrN2OS. The Labute approximate surface area is 103 Å². The molecule has 0 saturated carbocycles. The number of hydrazine groups is 1. The fourth-order valence-corrected chi connectivity index (χ4v) is 2.62. The topological polar surface area (TPSA) is 47.3 Å². The third-order valence-electron chi connectivity index (χ3n) is 1.85. The van der Waals surface area contributed by atoms with E-state index >= 15 is 0 Å². The summed E-state index contributed by atoms with van der Waals surface area (Å²) in [5.74, 6) is 6.29. The van der Waals surface area contributed by atoms with E-state index in [0.717, 1.165) is 10.2 Å². The molecule has 1 atom stereocenters. The van der Waals surface area contributed by atoms with E-state index in [1.54, 1.807) is 18.9 Å². The number of nitrogens with two attached hydrogens (primary N) is 1. The summed E-state index contributed by atoms with van der Waals surface area (Å²) < 4.78 is 6.14. The minimum atomic E-state index is 0.180. The molecule has 0 saturated heterocycles. The van der Waals surface area contributed by atoms with Crippen LogP contribution < -0.4 is 11.3 Å². The first kappa shape index (κ1) is 13.0. The van der Waals surface area contributed by atoms with Gasteiger partial charge in [0, 0.05) is 22.2 Å². The molecule has 0 aliphatic rings. The van der Waals surface area contributed by atoms with Gasteiger partial charge in [0.1, 0.15) is 0 Å². The van der Waals surface area contributed by atoms with Crippen LogP contribution in [0.1, 0.15) is 0 Å². The highest BCUT2D eigenvalue weighted by Gasteiger charge is 2.06. The summed E-state index contributed by atoms with van der Waals surface area (Å²) in [6.45, 7) is 0.623. The van der Waals surface area contributed by atoms with Crippen LogP contribution in [0.2, 0.25) is 0 Å². The smallest absolute Gasteiger partial charge is 0.0637 e. The van der Waals surface area contributed by atoms with Crippen molar-refractivity contribution in [3.63, 3.8) is 0 Å². The second-order valence-corrected chi connectivity index (χ2v) is 5.10. The quantitative estimate of drug-likeness (QED) is 0.478. The molecule has 0 bridgehead atoms. The molecule has 0 fully saturated rings. The van der Waals surface area contributed by atoms with Crippen LogP contribution in [-0.4, -0.2) is 25.5 Å². The van der Waals surface area contributed by atoms with Crippen LogP contribution >= 0.6 is 27.7 Å². The number of nitrogens with one attached hydrogen (secondary N) is 1. The molecule has 0 aliphatic heterocycles. The first-order valence-electron chi connectivity index (χ1n) is 4.59. The number of rotatable bonds is 6. The van der Waals surface area contributed by atoms with Gasteiger partial charge in [-0.2, -0.15) is 0 Å². The molecule has 3 N–H and O–H groups in total. The van der Waals surface area contributed by atoms with E-state index in [-0.39, 0.29) is 6.04 Å². The van der Waals surface area contributed by atoms with Crippen LogP contribution in [0.15, 0.2) is 33.6 Å². The highest BCUT2D eigenvalue weighted by atomic mass is 79.9. The number of hydrogen-bond acceptors (Lipinski definition) is 4. The second kappa shape index (κ2) is 7.24. The third-order valence-corrected chi connectivity index (χ3v) is 3.50. The molecule has 0 radical (unpaired) electrons. The van der Waals surface area contributed by atoms with Crippen molar-refractivity contribution in [1.82, 2.24) is 5.43 Å².